The van der Waals surface area contributed by atoms with Gasteiger partial charge in [0.25, 0.3) is 0 Å². The second-order valence-corrected chi connectivity index (χ2v) is 6.56. The summed E-state index contributed by atoms with van der Waals surface area (Å²) in [5.74, 6) is 1.70. The maximum Gasteiger partial charge on any atom is 0.224 e. The molecule has 1 amide bonds. The average molecular weight is 325 g/mol. The van der Waals surface area contributed by atoms with Gasteiger partial charge < -0.3 is 10.6 Å². The Morgan fingerprint density at radius 1 is 1.23 bits per heavy atom. The van der Waals surface area contributed by atoms with Crippen molar-refractivity contribution in [1.82, 2.24) is 5.32 Å². The molecule has 1 saturated heterocycles. The Morgan fingerprint density at radius 3 is 2.50 bits per heavy atom. The Bertz CT molecular complexity index is 470. The zero-order valence-electron chi connectivity index (χ0n) is 13.9. The second kappa shape index (κ2) is 9.16. The third-order valence-corrected chi connectivity index (χ3v) is 4.55. The van der Waals surface area contributed by atoms with E-state index in [2.05, 4.69) is 37.5 Å². The molecule has 2 N–H and O–H groups in total. The molecule has 0 saturated carbocycles. The molecule has 1 atom stereocenters. The highest BCUT2D eigenvalue weighted by atomic mass is 35.5. The molecule has 4 heteroatoms. The number of amides is 1. The number of hydrogen-bond acceptors (Lipinski definition) is 2. The molecule has 1 aliphatic heterocycles. The fourth-order valence-electron chi connectivity index (χ4n) is 3.19. The monoisotopic (exact) mass is 324 g/mol. The number of nitrogens with one attached hydrogen (secondary N) is 2. The summed E-state index contributed by atoms with van der Waals surface area (Å²) in [4.78, 5) is 12.3. The number of anilines is 1. The summed E-state index contributed by atoms with van der Waals surface area (Å²) in [6, 6.07) is 8.11. The Labute approximate surface area is 140 Å². The molecule has 124 valence electrons. The van der Waals surface area contributed by atoms with Crippen molar-refractivity contribution >= 4 is 24.0 Å². The van der Waals surface area contributed by atoms with Gasteiger partial charge in [-0.05, 0) is 55.3 Å². The van der Waals surface area contributed by atoms with Crippen LogP contribution in [0.2, 0.25) is 0 Å². The van der Waals surface area contributed by atoms with Crippen LogP contribution in [0.4, 0.5) is 5.69 Å². The van der Waals surface area contributed by atoms with Crippen LogP contribution in [0.15, 0.2) is 24.3 Å². The lowest BCUT2D eigenvalue weighted by Crippen LogP contribution is -2.32. The van der Waals surface area contributed by atoms with Gasteiger partial charge in [-0.1, -0.05) is 39.0 Å². The lowest BCUT2D eigenvalue weighted by atomic mass is 9.84. The van der Waals surface area contributed by atoms with Crippen molar-refractivity contribution in [2.45, 2.75) is 46.0 Å². The summed E-state index contributed by atoms with van der Waals surface area (Å²) in [6.07, 6.45) is 3.01. The number of para-hydroxylation sites is 1. The minimum Gasteiger partial charge on any atom is -0.326 e. The predicted octanol–water partition coefficient (Wildman–Crippen LogP) is 4.20. The van der Waals surface area contributed by atoms with Gasteiger partial charge in [0.1, 0.15) is 0 Å². The van der Waals surface area contributed by atoms with Gasteiger partial charge >= 0.3 is 0 Å². The SMILES string of the molecule is CC(C)c1ccccc1NC(=O)CC(C)C1CCNCC1.Cl. The highest BCUT2D eigenvalue weighted by Crippen LogP contribution is 2.27. The van der Waals surface area contributed by atoms with Crippen molar-refractivity contribution in [1.29, 1.82) is 0 Å². The van der Waals surface area contributed by atoms with E-state index in [1.165, 1.54) is 18.4 Å². The first kappa shape index (κ1) is 19.0. The maximum absolute atomic E-state index is 12.3. The summed E-state index contributed by atoms with van der Waals surface area (Å²) in [6.45, 7) is 8.70. The van der Waals surface area contributed by atoms with E-state index in [9.17, 15) is 4.79 Å². The molecule has 1 heterocycles. The molecule has 2 rings (SSSR count). The van der Waals surface area contributed by atoms with E-state index in [4.69, 9.17) is 0 Å². The standard InChI is InChI=1S/C18H28N2O.ClH/c1-13(2)16-6-4-5-7-17(16)20-18(21)12-14(3)15-8-10-19-11-9-15;/h4-7,13-15,19H,8-12H2,1-3H3,(H,20,21);1H. The Kier molecular flexibility index (Phi) is 7.91. The zero-order valence-corrected chi connectivity index (χ0v) is 14.7. The molecular weight excluding hydrogens is 296 g/mol. The molecule has 0 bridgehead atoms. The van der Waals surface area contributed by atoms with Gasteiger partial charge in [0.05, 0.1) is 0 Å². The molecular formula is C18H29ClN2O. The molecule has 0 spiro atoms. The average Bonchev–Trinajstić information content (AvgIpc) is 2.48. The van der Waals surface area contributed by atoms with Crippen LogP contribution in [0.3, 0.4) is 0 Å². The van der Waals surface area contributed by atoms with E-state index in [0.29, 0.717) is 24.2 Å². The first-order chi connectivity index (χ1) is 10.1. The van der Waals surface area contributed by atoms with E-state index in [0.717, 1.165) is 18.8 Å². The van der Waals surface area contributed by atoms with Crippen molar-refractivity contribution in [2.24, 2.45) is 11.8 Å². The van der Waals surface area contributed by atoms with Crippen molar-refractivity contribution in [3.05, 3.63) is 29.8 Å². The topological polar surface area (TPSA) is 41.1 Å². The van der Waals surface area contributed by atoms with Crippen LogP contribution in [0.25, 0.3) is 0 Å². The lowest BCUT2D eigenvalue weighted by molar-refractivity contribution is -0.117. The quantitative estimate of drug-likeness (QED) is 0.852. The first-order valence-corrected chi connectivity index (χ1v) is 8.17. The van der Waals surface area contributed by atoms with E-state index in [1.54, 1.807) is 0 Å². The number of benzene rings is 1. The molecule has 0 radical (unpaired) electrons. The van der Waals surface area contributed by atoms with E-state index in [1.807, 2.05) is 18.2 Å². The second-order valence-electron chi connectivity index (χ2n) is 6.56. The summed E-state index contributed by atoms with van der Waals surface area (Å²) in [7, 11) is 0. The number of hydrogen-bond donors (Lipinski definition) is 2. The van der Waals surface area contributed by atoms with Gasteiger partial charge in [0.15, 0.2) is 0 Å². The number of rotatable bonds is 5. The number of carbonyl (C=O) groups is 1. The molecule has 1 aliphatic rings. The summed E-state index contributed by atoms with van der Waals surface area (Å²) in [5, 5.41) is 6.49. The van der Waals surface area contributed by atoms with Gasteiger partial charge in [-0.3, -0.25) is 4.79 Å². The molecule has 1 fully saturated rings. The Balaban J connectivity index is 0.00000242. The smallest absolute Gasteiger partial charge is 0.224 e. The number of halogens is 1. The summed E-state index contributed by atoms with van der Waals surface area (Å²) in [5.41, 5.74) is 2.18. The van der Waals surface area contributed by atoms with Crippen LogP contribution in [-0.4, -0.2) is 19.0 Å². The number of carbonyl (C=O) groups excluding carboxylic acids is 1. The van der Waals surface area contributed by atoms with Crippen molar-refractivity contribution in [3.63, 3.8) is 0 Å². The van der Waals surface area contributed by atoms with Gasteiger partial charge in [-0.2, -0.15) is 0 Å². The first-order valence-electron chi connectivity index (χ1n) is 8.17. The van der Waals surface area contributed by atoms with Crippen LogP contribution in [0.5, 0.6) is 0 Å². The Morgan fingerprint density at radius 2 is 1.86 bits per heavy atom. The van der Waals surface area contributed by atoms with E-state index in [-0.39, 0.29) is 18.3 Å². The fraction of sp³-hybridized carbons (Fsp3) is 0.611. The van der Waals surface area contributed by atoms with Crippen LogP contribution >= 0.6 is 12.4 Å². The van der Waals surface area contributed by atoms with Crippen LogP contribution in [0, 0.1) is 11.8 Å². The van der Waals surface area contributed by atoms with Gasteiger partial charge in [0.2, 0.25) is 5.91 Å². The van der Waals surface area contributed by atoms with Crippen molar-refractivity contribution in [2.75, 3.05) is 18.4 Å². The molecule has 3 nitrogen and oxygen atoms in total. The maximum atomic E-state index is 12.3. The summed E-state index contributed by atoms with van der Waals surface area (Å²) >= 11 is 0. The predicted molar refractivity (Wildman–Crippen MR) is 95.8 cm³/mol. The lowest BCUT2D eigenvalue weighted by Gasteiger charge is -2.28. The third kappa shape index (κ3) is 5.29. The van der Waals surface area contributed by atoms with Crippen molar-refractivity contribution in [3.8, 4) is 0 Å². The number of piperidine rings is 1. The highest BCUT2D eigenvalue weighted by Gasteiger charge is 2.22. The third-order valence-electron chi connectivity index (χ3n) is 4.55. The van der Waals surface area contributed by atoms with Crippen LogP contribution in [0.1, 0.15) is 51.5 Å². The largest absolute Gasteiger partial charge is 0.326 e. The van der Waals surface area contributed by atoms with Gasteiger partial charge in [0, 0.05) is 12.1 Å². The molecule has 0 aromatic heterocycles. The molecule has 1 aromatic carbocycles. The van der Waals surface area contributed by atoms with Crippen LogP contribution < -0.4 is 10.6 Å². The van der Waals surface area contributed by atoms with Crippen molar-refractivity contribution < 1.29 is 4.79 Å². The Hall–Kier alpha value is -1.06. The fourth-order valence-corrected chi connectivity index (χ4v) is 3.19. The van der Waals surface area contributed by atoms with E-state index >= 15 is 0 Å². The van der Waals surface area contributed by atoms with Gasteiger partial charge in [-0.25, -0.2) is 0 Å². The summed E-state index contributed by atoms with van der Waals surface area (Å²) < 4.78 is 0. The molecule has 0 aliphatic carbocycles. The zero-order chi connectivity index (χ0) is 15.2. The van der Waals surface area contributed by atoms with Crippen LogP contribution in [-0.2, 0) is 4.79 Å². The highest BCUT2D eigenvalue weighted by molar-refractivity contribution is 5.91. The van der Waals surface area contributed by atoms with Gasteiger partial charge in [-0.15, -0.1) is 12.4 Å². The van der Waals surface area contributed by atoms with E-state index < -0.39 is 0 Å². The normalized spacial score (nSPS) is 16.9. The molecule has 1 aromatic rings. The molecule has 22 heavy (non-hydrogen) atoms. The molecule has 1 unspecified atom stereocenters. The minimum absolute atomic E-state index is 0. The minimum atomic E-state index is 0.